The molecule has 1 aromatic rings. The van der Waals surface area contributed by atoms with Crippen LogP contribution in [0.3, 0.4) is 0 Å². The van der Waals surface area contributed by atoms with E-state index in [1.165, 1.54) is 0 Å². The summed E-state index contributed by atoms with van der Waals surface area (Å²) in [6.45, 7) is 1.95. The Morgan fingerprint density at radius 3 is 3.15 bits per heavy atom. The van der Waals surface area contributed by atoms with Crippen LogP contribution in [0.2, 0.25) is 0 Å². The monoisotopic (exact) mass is 181 g/mol. The normalized spacial score (nSPS) is 29.1. The fourth-order valence-electron chi connectivity index (χ4n) is 1.84. The van der Waals surface area contributed by atoms with Crippen LogP contribution in [0.15, 0.2) is 6.20 Å². The van der Waals surface area contributed by atoms with Gasteiger partial charge in [0.15, 0.2) is 0 Å². The SMILES string of the molecule is Cn1nncc1C1CNCCC1N. The van der Waals surface area contributed by atoms with Crippen molar-refractivity contribution in [1.82, 2.24) is 20.3 Å². The van der Waals surface area contributed by atoms with Crippen molar-refractivity contribution in [2.45, 2.75) is 18.4 Å². The van der Waals surface area contributed by atoms with Crippen LogP contribution in [0.5, 0.6) is 0 Å². The first kappa shape index (κ1) is 8.65. The van der Waals surface area contributed by atoms with Gasteiger partial charge in [0.25, 0.3) is 0 Å². The second-order valence-electron chi connectivity index (χ2n) is 3.55. The highest BCUT2D eigenvalue weighted by Crippen LogP contribution is 2.20. The van der Waals surface area contributed by atoms with E-state index in [-0.39, 0.29) is 6.04 Å². The quantitative estimate of drug-likeness (QED) is 0.596. The number of piperidine rings is 1. The molecule has 0 amide bonds. The molecule has 1 fully saturated rings. The molecule has 2 heterocycles. The van der Waals surface area contributed by atoms with Gasteiger partial charge in [0.1, 0.15) is 0 Å². The summed E-state index contributed by atoms with van der Waals surface area (Å²) in [7, 11) is 1.91. The lowest BCUT2D eigenvalue weighted by Crippen LogP contribution is -2.43. The van der Waals surface area contributed by atoms with Gasteiger partial charge in [-0.15, -0.1) is 5.10 Å². The van der Waals surface area contributed by atoms with Crippen LogP contribution >= 0.6 is 0 Å². The summed E-state index contributed by atoms with van der Waals surface area (Å²) in [6.07, 6.45) is 2.83. The molecule has 5 nitrogen and oxygen atoms in total. The Hall–Kier alpha value is -0.940. The van der Waals surface area contributed by atoms with E-state index in [0.717, 1.165) is 25.2 Å². The topological polar surface area (TPSA) is 68.8 Å². The maximum Gasteiger partial charge on any atom is 0.0729 e. The maximum atomic E-state index is 6.03. The Morgan fingerprint density at radius 1 is 1.69 bits per heavy atom. The van der Waals surface area contributed by atoms with Gasteiger partial charge in [-0.25, -0.2) is 0 Å². The Labute approximate surface area is 77.3 Å². The second kappa shape index (κ2) is 3.43. The summed E-state index contributed by atoms with van der Waals surface area (Å²) < 4.78 is 1.80. The number of hydrogen-bond donors (Lipinski definition) is 2. The first-order chi connectivity index (χ1) is 6.29. The lowest BCUT2D eigenvalue weighted by molar-refractivity contribution is 0.387. The molecule has 0 aromatic carbocycles. The molecule has 0 radical (unpaired) electrons. The van der Waals surface area contributed by atoms with Crippen LogP contribution in [0.1, 0.15) is 18.0 Å². The molecule has 1 aromatic heterocycles. The largest absolute Gasteiger partial charge is 0.327 e. The van der Waals surface area contributed by atoms with Gasteiger partial charge in [0.05, 0.1) is 11.9 Å². The van der Waals surface area contributed by atoms with E-state index in [0.29, 0.717) is 5.92 Å². The van der Waals surface area contributed by atoms with Gasteiger partial charge in [0, 0.05) is 25.6 Å². The minimum absolute atomic E-state index is 0.235. The Balaban J connectivity index is 2.19. The Bertz CT molecular complexity index is 282. The first-order valence-electron chi connectivity index (χ1n) is 4.60. The third-order valence-corrected chi connectivity index (χ3v) is 2.66. The molecule has 0 saturated carbocycles. The standard InChI is InChI=1S/C8H15N5/c1-13-8(5-11-12-13)6-4-10-3-2-7(6)9/h5-7,10H,2-4,9H2,1H3. The average Bonchev–Trinajstić information content (AvgIpc) is 2.52. The zero-order valence-electron chi connectivity index (χ0n) is 7.77. The third kappa shape index (κ3) is 1.57. The van der Waals surface area contributed by atoms with Crippen LogP contribution < -0.4 is 11.1 Å². The number of hydrogen-bond acceptors (Lipinski definition) is 4. The van der Waals surface area contributed by atoms with E-state index in [1.807, 2.05) is 7.05 Å². The lowest BCUT2D eigenvalue weighted by Gasteiger charge is -2.28. The van der Waals surface area contributed by atoms with Gasteiger partial charge in [-0.3, -0.25) is 4.68 Å². The van der Waals surface area contributed by atoms with Crippen LogP contribution in [0.4, 0.5) is 0 Å². The molecule has 5 heteroatoms. The van der Waals surface area contributed by atoms with Crippen LogP contribution in [-0.2, 0) is 7.05 Å². The van der Waals surface area contributed by atoms with E-state index in [2.05, 4.69) is 15.6 Å². The smallest absolute Gasteiger partial charge is 0.0729 e. The molecule has 72 valence electrons. The highest BCUT2D eigenvalue weighted by atomic mass is 15.4. The van der Waals surface area contributed by atoms with Gasteiger partial charge in [0.2, 0.25) is 0 Å². The van der Waals surface area contributed by atoms with Crippen molar-refractivity contribution in [3.63, 3.8) is 0 Å². The van der Waals surface area contributed by atoms with Crippen LogP contribution in [0, 0.1) is 0 Å². The summed E-state index contributed by atoms with van der Waals surface area (Å²) in [5.74, 6) is 0.355. The molecule has 0 bridgehead atoms. The van der Waals surface area contributed by atoms with E-state index in [4.69, 9.17) is 5.73 Å². The lowest BCUT2D eigenvalue weighted by atomic mass is 9.91. The molecule has 1 saturated heterocycles. The van der Waals surface area contributed by atoms with Crippen molar-refractivity contribution in [1.29, 1.82) is 0 Å². The van der Waals surface area contributed by atoms with Crippen molar-refractivity contribution in [3.8, 4) is 0 Å². The van der Waals surface area contributed by atoms with Gasteiger partial charge in [-0.2, -0.15) is 0 Å². The molecule has 2 atom stereocenters. The summed E-state index contributed by atoms with van der Waals surface area (Å²) >= 11 is 0. The molecule has 3 N–H and O–H groups in total. The fraction of sp³-hybridized carbons (Fsp3) is 0.750. The van der Waals surface area contributed by atoms with Gasteiger partial charge in [-0.05, 0) is 13.0 Å². The number of nitrogens with zero attached hydrogens (tertiary/aromatic N) is 3. The number of nitrogens with two attached hydrogens (primary N) is 1. The number of aromatic nitrogens is 3. The molecule has 1 aliphatic heterocycles. The molecular formula is C8H15N5. The first-order valence-corrected chi connectivity index (χ1v) is 4.60. The van der Waals surface area contributed by atoms with Crippen LogP contribution in [0.25, 0.3) is 0 Å². The van der Waals surface area contributed by atoms with Crippen molar-refractivity contribution in [3.05, 3.63) is 11.9 Å². The zero-order valence-corrected chi connectivity index (χ0v) is 7.77. The Morgan fingerprint density at radius 2 is 2.54 bits per heavy atom. The van der Waals surface area contributed by atoms with Crippen molar-refractivity contribution < 1.29 is 0 Å². The average molecular weight is 181 g/mol. The minimum atomic E-state index is 0.235. The molecular weight excluding hydrogens is 166 g/mol. The van der Waals surface area contributed by atoms with Gasteiger partial charge in [-0.1, -0.05) is 5.21 Å². The van der Waals surface area contributed by atoms with E-state index >= 15 is 0 Å². The van der Waals surface area contributed by atoms with Gasteiger partial charge >= 0.3 is 0 Å². The summed E-state index contributed by atoms with van der Waals surface area (Å²) in [5, 5.41) is 11.1. The predicted molar refractivity (Wildman–Crippen MR) is 49.2 cm³/mol. The van der Waals surface area contributed by atoms with E-state index in [9.17, 15) is 0 Å². The zero-order chi connectivity index (χ0) is 9.26. The van der Waals surface area contributed by atoms with Crippen molar-refractivity contribution >= 4 is 0 Å². The highest BCUT2D eigenvalue weighted by molar-refractivity contribution is 5.09. The van der Waals surface area contributed by atoms with Gasteiger partial charge < -0.3 is 11.1 Å². The number of rotatable bonds is 1. The summed E-state index contributed by atoms with van der Waals surface area (Å²) in [5.41, 5.74) is 7.15. The molecule has 2 unspecified atom stereocenters. The molecule has 13 heavy (non-hydrogen) atoms. The molecule has 1 aliphatic rings. The molecule has 0 spiro atoms. The van der Waals surface area contributed by atoms with E-state index < -0.39 is 0 Å². The fourth-order valence-corrected chi connectivity index (χ4v) is 1.84. The Kier molecular flexibility index (Phi) is 2.28. The molecule has 2 rings (SSSR count). The highest BCUT2D eigenvalue weighted by Gasteiger charge is 2.25. The summed E-state index contributed by atoms with van der Waals surface area (Å²) in [6, 6.07) is 0.235. The predicted octanol–water partition coefficient (Wildman–Crippen LogP) is -0.781. The minimum Gasteiger partial charge on any atom is -0.327 e. The van der Waals surface area contributed by atoms with Crippen molar-refractivity contribution in [2.75, 3.05) is 13.1 Å². The van der Waals surface area contributed by atoms with E-state index in [1.54, 1.807) is 10.9 Å². The number of nitrogens with one attached hydrogen (secondary N) is 1. The maximum absolute atomic E-state index is 6.03. The number of aryl methyl sites for hydroxylation is 1. The van der Waals surface area contributed by atoms with Crippen molar-refractivity contribution in [2.24, 2.45) is 12.8 Å². The second-order valence-corrected chi connectivity index (χ2v) is 3.55. The summed E-state index contributed by atoms with van der Waals surface area (Å²) in [4.78, 5) is 0. The third-order valence-electron chi connectivity index (χ3n) is 2.66. The van der Waals surface area contributed by atoms with Crippen LogP contribution in [-0.4, -0.2) is 34.1 Å². The molecule has 0 aliphatic carbocycles.